The van der Waals surface area contributed by atoms with Gasteiger partial charge in [-0.05, 0) is 37.5 Å². The monoisotopic (exact) mass is 266 g/mol. The number of aryl methyl sites for hydroxylation is 3. The first kappa shape index (κ1) is 12.8. The van der Waals surface area contributed by atoms with E-state index in [1.54, 1.807) is 6.07 Å². The number of hydrogen-bond acceptors (Lipinski definition) is 4. The molecule has 5 heteroatoms. The predicted molar refractivity (Wildman–Crippen MR) is 71.6 cm³/mol. The van der Waals surface area contributed by atoms with Gasteiger partial charge >= 0.3 is 0 Å². The van der Waals surface area contributed by atoms with Gasteiger partial charge in [-0.3, -0.25) is 0 Å². The number of rotatable bonds is 4. The third-order valence-electron chi connectivity index (χ3n) is 2.78. The third kappa shape index (κ3) is 2.79. The van der Waals surface area contributed by atoms with E-state index < -0.39 is 0 Å². The third-order valence-corrected chi connectivity index (χ3v) is 3.62. The summed E-state index contributed by atoms with van der Waals surface area (Å²) < 4.78 is 18.4. The molecule has 96 valence electrons. The lowest BCUT2D eigenvalue weighted by molar-refractivity contribution is 0.386. The van der Waals surface area contributed by atoms with E-state index in [-0.39, 0.29) is 11.6 Å². The minimum absolute atomic E-state index is 0.271. The number of benzene rings is 1. The van der Waals surface area contributed by atoms with Crippen molar-refractivity contribution in [1.82, 2.24) is 4.98 Å². The van der Waals surface area contributed by atoms with Crippen LogP contribution < -0.4 is 10.5 Å². The standard InChI is InChI=1S/C13H15FN2OS/c1-8-11(16-13(15)18-8)5-3-9-4-6-12(17-2)10(14)7-9/h4,6-7H,3,5H2,1-2H3,(H2,15,16). The summed E-state index contributed by atoms with van der Waals surface area (Å²) in [5, 5.41) is 0.586. The Kier molecular flexibility index (Phi) is 3.81. The molecule has 18 heavy (non-hydrogen) atoms. The van der Waals surface area contributed by atoms with E-state index in [2.05, 4.69) is 4.98 Å². The molecule has 1 heterocycles. The molecule has 0 unspecified atom stereocenters. The SMILES string of the molecule is COc1ccc(CCc2nc(N)sc2C)cc1F. The Balaban J connectivity index is 2.06. The van der Waals surface area contributed by atoms with Crippen LogP contribution >= 0.6 is 11.3 Å². The molecular weight excluding hydrogens is 251 g/mol. The average molecular weight is 266 g/mol. The molecule has 0 aliphatic carbocycles. The van der Waals surface area contributed by atoms with Gasteiger partial charge in [-0.15, -0.1) is 11.3 Å². The summed E-state index contributed by atoms with van der Waals surface area (Å²) in [6.07, 6.45) is 1.51. The lowest BCUT2D eigenvalue weighted by Crippen LogP contribution is -1.96. The van der Waals surface area contributed by atoms with Crippen molar-refractivity contribution in [3.63, 3.8) is 0 Å². The molecule has 2 aromatic rings. The van der Waals surface area contributed by atoms with Crippen LogP contribution in [0.5, 0.6) is 5.75 Å². The summed E-state index contributed by atoms with van der Waals surface area (Å²) in [7, 11) is 1.46. The molecule has 0 atom stereocenters. The quantitative estimate of drug-likeness (QED) is 0.925. The van der Waals surface area contributed by atoms with Gasteiger partial charge in [0, 0.05) is 4.88 Å². The van der Waals surface area contributed by atoms with Crippen molar-refractivity contribution in [3.8, 4) is 5.75 Å². The zero-order chi connectivity index (χ0) is 13.1. The van der Waals surface area contributed by atoms with Gasteiger partial charge in [0.1, 0.15) is 0 Å². The Hall–Kier alpha value is -1.62. The molecule has 0 aliphatic rings. The summed E-state index contributed by atoms with van der Waals surface area (Å²) in [5.41, 5.74) is 7.57. The molecule has 0 saturated heterocycles. The summed E-state index contributed by atoms with van der Waals surface area (Å²) in [6.45, 7) is 2.00. The summed E-state index contributed by atoms with van der Waals surface area (Å²) in [4.78, 5) is 5.39. The summed E-state index contributed by atoms with van der Waals surface area (Å²) >= 11 is 1.49. The maximum atomic E-state index is 13.5. The van der Waals surface area contributed by atoms with Crippen LogP contribution in [0.2, 0.25) is 0 Å². The highest BCUT2D eigenvalue weighted by molar-refractivity contribution is 7.15. The number of anilines is 1. The maximum Gasteiger partial charge on any atom is 0.180 e. The van der Waals surface area contributed by atoms with Crippen LogP contribution in [-0.2, 0) is 12.8 Å². The minimum atomic E-state index is -0.329. The van der Waals surface area contributed by atoms with Crippen molar-refractivity contribution in [2.45, 2.75) is 19.8 Å². The van der Waals surface area contributed by atoms with Crippen molar-refractivity contribution in [2.75, 3.05) is 12.8 Å². The number of methoxy groups -OCH3 is 1. The minimum Gasteiger partial charge on any atom is -0.494 e. The first-order chi connectivity index (χ1) is 8.60. The highest BCUT2D eigenvalue weighted by atomic mass is 32.1. The second-order valence-corrected chi connectivity index (χ2v) is 5.26. The fourth-order valence-corrected chi connectivity index (χ4v) is 2.55. The Morgan fingerprint density at radius 2 is 2.17 bits per heavy atom. The lowest BCUT2D eigenvalue weighted by Gasteiger charge is -2.04. The van der Waals surface area contributed by atoms with Gasteiger partial charge in [-0.2, -0.15) is 0 Å². The molecule has 0 fully saturated rings. The number of nitrogens with zero attached hydrogens (tertiary/aromatic N) is 1. The van der Waals surface area contributed by atoms with Gasteiger partial charge in [-0.25, -0.2) is 9.37 Å². The van der Waals surface area contributed by atoms with Gasteiger partial charge in [0.05, 0.1) is 12.8 Å². The van der Waals surface area contributed by atoms with Crippen LogP contribution in [0.4, 0.5) is 9.52 Å². The second-order valence-electron chi connectivity index (χ2n) is 4.02. The van der Waals surface area contributed by atoms with E-state index in [4.69, 9.17) is 10.5 Å². The fraction of sp³-hybridized carbons (Fsp3) is 0.308. The Bertz CT molecular complexity index is 554. The topological polar surface area (TPSA) is 48.1 Å². The molecule has 0 amide bonds. The zero-order valence-corrected chi connectivity index (χ0v) is 11.2. The van der Waals surface area contributed by atoms with Gasteiger partial charge in [0.15, 0.2) is 16.7 Å². The fourth-order valence-electron chi connectivity index (χ4n) is 1.81. The molecule has 0 radical (unpaired) electrons. The number of thiazole rings is 1. The van der Waals surface area contributed by atoms with E-state index in [1.807, 2.05) is 13.0 Å². The average Bonchev–Trinajstić information content (AvgIpc) is 2.65. The van der Waals surface area contributed by atoms with Crippen LogP contribution in [0, 0.1) is 12.7 Å². The Labute approximate surface area is 109 Å². The number of nitrogens with two attached hydrogens (primary N) is 1. The van der Waals surface area contributed by atoms with E-state index in [0.717, 1.165) is 29.0 Å². The van der Waals surface area contributed by atoms with Crippen molar-refractivity contribution in [3.05, 3.63) is 40.2 Å². The Morgan fingerprint density at radius 1 is 1.39 bits per heavy atom. The van der Waals surface area contributed by atoms with Crippen molar-refractivity contribution < 1.29 is 9.13 Å². The van der Waals surface area contributed by atoms with Crippen LogP contribution in [0.25, 0.3) is 0 Å². The smallest absolute Gasteiger partial charge is 0.180 e. The lowest BCUT2D eigenvalue weighted by atomic mass is 10.1. The molecule has 0 aliphatic heterocycles. The molecule has 3 nitrogen and oxygen atoms in total. The zero-order valence-electron chi connectivity index (χ0n) is 10.4. The molecule has 1 aromatic carbocycles. The van der Waals surface area contributed by atoms with Gasteiger partial charge in [0.2, 0.25) is 0 Å². The van der Waals surface area contributed by atoms with Gasteiger partial charge in [-0.1, -0.05) is 6.07 Å². The maximum absolute atomic E-state index is 13.5. The highest BCUT2D eigenvalue weighted by Crippen LogP contribution is 2.22. The normalized spacial score (nSPS) is 10.6. The second kappa shape index (κ2) is 5.35. The first-order valence-electron chi connectivity index (χ1n) is 5.64. The largest absolute Gasteiger partial charge is 0.494 e. The molecule has 0 spiro atoms. The number of ether oxygens (including phenoxy) is 1. The van der Waals surface area contributed by atoms with Gasteiger partial charge < -0.3 is 10.5 Å². The summed E-state index contributed by atoms with van der Waals surface area (Å²) in [6, 6.07) is 5.02. The van der Waals surface area contributed by atoms with Crippen molar-refractivity contribution in [1.29, 1.82) is 0 Å². The van der Waals surface area contributed by atoms with Crippen LogP contribution in [0.1, 0.15) is 16.1 Å². The number of halogens is 1. The van der Waals surface area contributed by atoms with E-state index >= 15 is 0 Å². The summed E-state index contributed by atoms with van der Waals surface area (Å²) in [5.74, 6) is -0.0580. The molecule has 0 saturated carbocycles. The predicted octanol–water partition coefficient (Wildman–Crippen LogP) is 2.97. The molecule has 2 rings (SSSR count). The van der Waals surface area contributed by atoms with E-state index in [0.29, 0.717) is 5.13 Å². The van der Waals surface area contributed by atoms with E-state index in [1.165, 1.54) is 24.5 Å². The van der Waals surface area contributed by atoms with Crippen LogP contribution in [0.15, 0.2) is 18.2 Å². The molecule has 2 N–H and O–H groups in total. The number of hydrogen-bond donors (Lipinski definition) is 1. The van der Waals surface area contributed by atoms with Gasteiger partial charge in [0.25, 0.3) is 0 Å². The van der Waals surface area contributed by atoms with Crippen LogP contribution in [-0.4, -0.2) is 12.1 Å². The highest BCUT2D eigenvalue weighted by Gasteiger charge is 2.07. The van der Waals surface area contributed by atoms with Crippen LogP contribution in [0.3, 0.4) is 0 Å². The van der Waals surface area contributed by atoms with Crippen molar-refractivity contribution in [2.24, 2.45) is 0 Å². The molecule has 1 aromatic heterocycles. The Morgan fingerprint density at radius 3 is 2.72 bits per heavy atom. The first-order valence-corrected chi connectivity index (χ1v) is 6.46. The number of aromatic nitrogens is 1. The molecular formula is C13H15FN2OS. The van der Waals surface area contributed by atoms with E-state index in [9.17, 15) is 4.39 Å². The number of nitrogen functional groups attached to an aromatic ring is 1. The molecule has 0 bridgehead atoms. The van der Waals surface area contributed by atoms with Crippen molar-refractivity contribution >= 4 is 16.5 Å².